The van der Waals surface area contributed by atoms with Crippen molar-refractivity contribution in [2.75, 3.05) is 13.2 Å². The van der Waals surface area contributed by atoms with Crippen LogP contribution in [-0.2, 0) is 14.3 Å². The van der Waals surface area contributed by atoms with Crippen molar-refractivity contribution in [3.63, 3.8) is 0 Å². The number of hydrogen-bond donors (Lipinski definition) is 0. The van der Waals surface area contributed by atoms with Crippen LogP contribution in [0.3, 0.4) is 0 Å². The van der Waals surface area contributed by atoms with Crippen LogP contribution in [0.4, 0.5) is 0 Å². The van der Waals surface area contributed by atoms with Gasteiger partial charge in [-0.3, -0.25) is 4.79 Å². The first-order chi connectivity index (χ1) is 7.13. The summed E-state index contributed by atoms with van der Waals surface area (Å²) < 4.78 is 10.4. The number of rotatable bonds is 5. The third-order valence-corrected chi connectivity index (χ3v) is 1.90. The molecule has 1 rings (SSSR count). The molecule has 0 atom stereocenters. The summed E-state index contributed by atoms with van der Waals surface area (Å²) in [7, 11) is 0. The fraction of sp³-hybridized carbons (Fsp3) is 0.455. The summed E-state index contributed by atoms with van der Waals surface area (Å²) in [6, 6.07) is 0. The molecule has 0 radical (unpaired) electrons. The van der Waals surface area contributed by atoms with Gasteiger partial charge in [0.1, 0.15) is 17.6 Å². The van der Waals surface area contributed by atoms with Crippen LogP contribution in [0.1, 0.15) is 13.8 Å². The van der Waals surface area contributed by atoms with Crippen molar-refractivity contribution in [2.45, 2.75) is 20.0 Å². The first kappa shape index (κ1) is 11.7. The summed E-state index contributed by atoms with van der Waals surface area (Å²) in [4.78, 5) is 15.0. The van der Waals surface area contributed by atoms with Crippen LogP contribution in [0.15, 0.2) is 29.6 Å². The Labute approximate surface area is 89.3 Å². The predicted molar refractivity (Wildman–Crippen MR) is 57.8 cm³/mol. The Morgan fingerprint density at radius 1 is 1.53 bits per heavy atom. The van der Waals surface area contributed by atoms with Gasteiger partial charge in [-0.05, 0) is 13.0 Å². The fourth-order valence-corrected chi connectivity index (χ4v) is 1.02. The van der Waals surface area contributed by atoms with E-state index in [0.29, 0.717) is 24.7 Å². The van der Waals surface area contributed by atoms with Crippen LogP contribution in [0, 0.1) is 0 Å². The van der Waals surface area contributed by atoms with Gasteiger partial charge in [-0.15, -0.1) is 0 Å². The second-order valence-corrected chi connectivity index (χ2v) is 3.29. The topological polar surface area (TPSA) is 47.9 Å². The number of carbonyl (C=O) groups is 1. The fourth-order valence-electron chi connectivity index (χ4n) is 1.02. The van der Waals surface area contributed by atoms with Crippen molar-refractivity contribution < 1.29 is 14.3 Å². The van der Waals surface area contributed by atoms with Crippen LogP contribution < -0.4 is 0 Å². The Kier molecular flexibility index (Phi) is 4.24. The van der Waals surface area contributed by atoms with Gasteiger partial charge in [0.25, 0.3) is 0 Å². The van der Waals surface area contributed by atoms with Crippen LogP contribution in [0.5, 0.6) is 0 Å². The SMILES string of the molecule is C=CC(=N/C=C(\C)OC1COC1)C(C)=O. The summed E-state index contributed by atoms with van der Waals surface area (Å²) in [6.45, 7) is 7.99. The van der Waals surface area contributed by atoms with E-state index < -0.39 is 0 Å². The Hall–Kier alpha value is -1.42. The van der Waals surface area contributed by atoms with Crippen LogP contribution in [-0.4, -0.2) is 30.8 Å². The van der Waals surface area contributed by atoms with Gasteiger partial charge in [0.05, 0.1) is 19.4 Å². The second kappa shape index (κ2) is 5.46. The van der Waals surface area contributed by atoms with Crippen LogP contribution in [0.2, 0.25) is 0 Å². The van der Waals surface area contributed by atoms with Crippen molar-refractivity contribution in [3.8, 4) is 0 Å². The van der Waals surface area contributed by atoms with Crippen molar-refractivity contribution >= 4 is 11.5 Å². The standard InChI is InChI=1S/C11H15NO3/c1-4-11(9(3)13)12-5-8(2)15-10-6-14-7-10/h4-5,10H,1,6-7H2,2-3H3/b8-5+,12-11?. The molecule has 82 valence electrons. The molecule has 1 saturated heterocycles. The van der Waals surface area contributed by atoms with Crippen molar-refractivity contribution in [2.24, 2.45) is 4.99 Å². The van der Waals surface area contributed by atoms with E-state index in [0.717, 1.165) is 0 Å². The smallest absolute Gasteiger partial charge is 0.178 e. The molecule has 1 aliphatic heterocycles. The molecular weight excluding hydrogens is 194 g/mol. The molecule has 15 heavy (non-hydrogen) atoms. The highest BCUT2D eigenvalue weighted by atomic mass is 16.6. The second-order valence-electron chi connectivity index (χ2n) is 3.29. The van der Waals surface area contributed by atoms with E-state index in [1.807, 2.05) is 0 Å². The number of ether oxygens (including phenoxy) is 2. The number of aliphatic imine (C=N–C) groups is 1. The Bertz CT molecular complexity index is 314. The van der Waals surface area contributed by atoms with E-state index >= 15 is 0 Å². The Morgan fingerprint density at radius 3 is 2.60 bits per heavy atom. The maximum absolute atomic E-state index is 11.0. The third-order valence-electron chi connectivity index (χ3n) is 1.90. The zero-order valence-electron chi connectivity index (χ0n) is 9.03. The van der Waals surface area contributed by atoms with Crippen molar-refractivity contribution in [3.05, 3.63) is 24.6 Å². The zero-order chi connectivity index (χ0) is 11.3. The maximum Gasteiger partial charge on any atom is 0.178 e. The summed E-state index contributed by atoms with van der Waals surface area (Å²) in [6.07, 6.45) is 3.08. The van der Waals surface area contributed by atoms with Crippen LogP contribution in [0.25, 0.3) is 0 Å². The van der Waals surface area contributed by atoms with E-state index in [1.54, 1.807) is 6.92 Å². The van der Waals surface area contributed by atoms with Gasteiger partial charge in [0.15, 0.2) is 5.78 Å². The highest BCUT2D eigenvalue weighted by molar-refractivity contribution is 6.43. The molecule has 1 fully saturated rings. The predicted octanol–water partition coefficient (Wildman–Crippen LogP) is 1.48. The lowest BCUT2D eigenvalue weighted by molar-refractivity contribution is -0.111. The Balaban J connectivity index is 2.52. The first-order valence-corrected chi connectivity index (χ1v) is 4.76. The molecule has 0 amide bonds. The summed E-state index contributed by atoms with van der Waals surface area (Å²) in [5, 5.41) is 0. The molecule has 4 heteroatoms. The molecule has 0 aromatic heterocycles. The summed E-state index contributed by atoms with van der Waals surface area (Å²) in [5.41, 5.74) is 0.336. The number of Topliss-reactive ketones (excluding diaryl/α,β-unsaturated/α-hetero) is 1. The Morgan fingerprint density at radius 2 is 2.20 bits per heavy atom. The minimum atomic E-state index is -0.110. The number of nitrogens with zero attached hydrogens (tertiary/aromatic N) is 1. The van der Waals surface area contributed by atoms with Crippen molar-refractivity contribution in [1.29, 1.82) is 0 Å². The summed E-state index contributed by atoms with van der Waals surface area (Å²) in [5.74, 6) is 0.560. The van der Waals surface area contributed by atoms with Gasteiger partial charge < -0.3 is 9.47 Å². The van der Waals surface area contributed by atoms with E-state index in [1.165, 1.54) is 19.2 Å². The number of carbonyl (C=O) groups excluding carboxylic acids is 1. The molecule has 0 unspecified atom stereocenters. The highest BCUT2D eigenvalue weighted by Crippen LogP contribution is 2.10. The molecule has 0 saturated carbocycles. The lowest BCUT2D eigenvalue weighted by Gasteiger charge is -2.26. The molecule has 1 aliphatic rings. The van der Waals surface area contributed by atoms with E-state index in [2.05, 4.69) is 11.6 Å². The van der Waals surface area contributed by atoms with E-state index in [-0.39, 0.29) is 11.9 Å². The van der Waals surface area contributed by atoms with E-state index in [9.17, 15) is 4.79 Å². The van der Waals surface area contributed by atoms with Gasteiger partial charge in [-0.1, -0.05) is 6.58 Å². The monoisotopic (exact) mass is 209 g/mol. The minimum absolute atomic E-state index is 0.110. The molecule has 0 bridgehead atoms. The average molecular weight is 209 g/mol. The highest BCUT2D eigenvalue weighted by Gasteiger charge is 2.19. The minimum Gasteiger partial charge on any atom is -0.489 e. The molecule has 0 aromatic rings. The summed E-state index contributed by atoms with van der Waals surface area (Å²) >= 11 is 0. The first-order valence-electron chi connectivity index (χ1n) is 4.76. The zero-order valence-corrected chi connectivity index (χ0v) is 9.03. The van der Waals surface area contributed by atoms with Gasteiger partial charge in [-0.25, -0.2) is 4.99 Å². The molecule has 0 N–H and O–H groups in total. The number of allylic oxidation sites excluding steroid dienone is 2. The lowest BCUT2D eigenvalue weighted by atomic mass is 10.3. The normalized spacial score (nSPS) is 18.3. The number of hydrogen-bond acceptors (Lipinski definition) is 4. The maximum atomic E-state index is 11.0. The van der Waals surface area contributed by atoms with Gasteiger partial charge >= 0.3 is 0 Å². The van der Waals surface area contributed by atoms with Gasteiger partial charge in [-0.2, -0.15) is 0 Å². The molecule has 0 aromatic carbocycles. The van der Waals surface area contributed by atoms with Crippen LogP contribution >= 0.6 is 0 Å². The average Bonchev–Trinajstić information content (AvgIpc) is 2.12. The molecule has 1 heterocycles. The molecule has 4 nitrogen and oxygen atoms in total. The third kappa shape index (κ3) is 3.67. The lowest BCUT2D eigenvalue weighted by Crippen LogP contribution is -2.35. The number of ketones is 1. The van der Waals surface area contributed by atoms with Crippen molar-refractivity contribution in [1.82, 2.24) is 0 Å². The quantitative estimate of drug-likeness (QED) is 0.509. The largest absolute Gasteiger partial charge is 0.489 e. The van der Waals surface area contributed by atoms with E-state index in [4.69, 9.17) is 9.47 Å². The molecule has 0 aliphatic carbocycles. The molecular formula is C11H15NO3. The van der Waals surface area contributed by atoms with Gasteiger partial charge in [0.2, 0.25) is 0 Å². The molecule has 0 spiro atoms. The van der Waals surface area contributed by atoms with Gasteiger partial charge in [0, 0.05) is 6.92 Å².